The van der Waals surface area contributed by atoms with Crippen LogP contribution in [0.5, 0.6) is 5.75 Å². The van der Waals surface area contributed by atoms with Gasteiger partial charge in [0, 0.05) is 5.92 Å². The van der Waals surface area contributed by atoms with Crippen molar-refractivity contribution in [2.24, 2.45) is 0 Å². The molecule has 0 radical (unpaired) electrons. The molecule has 0 bridgehead atoms. The monoisotopic (exact) mass is 362 g/mol. The van der Waals surface area contributed by atoms with E-state index in [-0.39, 0.29) is 17.2 Å². The number of para-hydroxylation sites is 1. The quantitative estimate of drug-likeness (QED) is 0.689. The molecule has 2 aromatic carbocycles. The summed E-state index contributed by atoms with van der Waals surface area (Å²) in [6, 6.07) is 13.0. The summed E-state index contributed by atoms with van der Waals surface area (Å²) in [6.07, 6.45) is -4.40. The van der Waals surface area contributed by atoms with Crippen molar-refractivity contribution in [2.45, 2.75) is 25.9 Å². The molecule has 1 heterocycles. The summed E-state index contributed by atoms with van der Waals surface area (Å²) in [5.41, 5.74) is 0.919. The lowest BCUT2D eigenvalue weighted by atomic mass is 10.1. The molecule has 0 saturated carbocycles. The zero-order chi connectivity index (χ0) is 18.9. The highest BCUT2D eigenvalue weighted by Crippen LogP contribution is 2.22. The van der Waals surface area contributed by atoms with E-state index in [1.165, 1.54) is 16.7 Å². The van der Waals surface area contributed by atoms with Gasteiger partial charge in [-0.05, 0) is 36.4 Å². The fourth-order valence-corrected chi connectivity index (χ4v) is 2.64. The summed E-state index contributed by atoms with van der Waals surface area (Å²) in [5, 5.41) is 0.481. The minimum absolute atomic E-state index is 0.0199. The smallest absolute Gasteiger partial charge is 0.422 e. The van der Waals surface area contributed by atoms with E-state index < -0.39 is 12.8 Å². The molecule has 0 unspecified atom stereocenters. The summed E-state index contributed by atoms with van der Waals surface area (Å²) < 4.78 is 42.9. The highest BCUT2D eigenvalue weighted by atomic mass is 19.4. The molecule has 0 spiro atoms. The molecule has 0 aliphatic heterocycles. The Morgan fingerprint density at radius 2 is 1.73 bits per heavy atom. The van der Waals surface area contributed by atoms with Crippen molar-refractivity contribution in [1.29, 1.82) is 0 Å². The van der Waals surface area contributed by atoms with Gasteiger partial charge in [-0.25, -0.2) is 4.98 Å². The molecule has 3 rings (SSSR count). The van der Waals surface area contributed by atoms with Gasteiger partial charge < -0.3 is 4.74 Å². The molecule has 1 aromatic heterocycles. The predicted molar refractivity (Wildman–Crippen MR) is 93.0 cm³/mol. The third-order valence-electron chi connectivity index (χ3n) is 3.82. The van der Waals surface area contributed by atoms with Crippen LogP contribution in [-0.2, 0) is 0 Å². The zero-order valence-electron chi connectivity index (χ0n) is 14.2. The number of hydrogen-bond acceptors (Lipinski definition) is 3. The average Bonchev–Trinajstić information content (AvgIpc) is 2.60. The van der Waals surface area contributed by atoms with Gasteiger partial charge >= 0.3 is 6.18 Å². The summed E-state index contributed by atoms with van der Waals surface area (Å²) in [5.74, 6) is 0.644. The Kier molecular flexibility index (Phi) is 4.71. The molecule has 0 aliphatic carbocycles. The highest BCUT2D eigenvalue weighted by molar-refractivity contribution is 5.77. The largest absolute Gasteiger partial charge is 0.484 e. The van der Waals surface area contributed by atoms with E-state index in [0.717, 1.165) is 0 Å². The Balaban J connectivity index is 2.05. The van der Waals surface area contributed by atoms with Crippen LogP contribution in [0, 0.1) is 0 Å². The summed E-state index contributed by atoms with van der Waals surface area (Å²) in [6.45, 7) is 2.49. The standard InChI is InChI=1S/C19H17F3N2O2/c1-12(2)17-23-16-6-4-3-5-15(16)18(25)24(17)13-7-9-14(10-8-13)26-11-19(20,21)22/h3-10,12H,11H2,1-2H3. The number of benzene rings is 2. The van der Waals surface area contributed by atoms with Crippen LogP contribution in [0.3, 0.4) is 0 Å². The first-order valence-corrected chi connectivity index (χ1v) is 8.08. The Morgan fingerprint density at radius 3 is 2.35 bits per heavy atom. The maximum absolute atomic E-state index is 12.9. The molecule has 4 nitrogen and oxygen atoms in total. The second kappa shape index (κ2) is 6.82. The van der Waals surface area contributed by atoms with Crippen LogP contribution in [0.25, 0.3) is 16.6 Å². The number of rotatable bonds is 4. The third-order valence-corrected chi connectivity index (χ3v) is 3.82. The zero-order valence-corrected chi connectivity index (χ0v) is 14.2. The van der Waals surface area contributed by atoms with Gasteiger partial charge in [-0.2, -0.15) is 13.2 Å². The molecular formula is C19H17F3N2O2. The summed E-state index contributed by atoms with van der Waals surface area (Å²) in [4.78, 5) is 17.5. The number of ether oxygens (including phenoxy) is 1. The predicted octanol–water partition coefficient (Wildman–Crippen LogP) is 4.45. The fourth-order valence-electron chi connectivity index (χ4n) is 2.64. The molecule has 0 fully saturated rings. The van der Waals surface area contributed by atoms with Gasteiger partial charge in [0.15, 0.2) is 6.61 Å². The van der Waals surface area contributed by atoms with Crippen molar-refractivity contribution in [3.05, 3.63) is 64.7 Å². The van der Waals surface area contributed by atoms with Crippen LogP contribution in [0.4, 0.5) is 13.2 Å². The van der Waals surface area contributed by atoms with E-state index >= 15 is 0 Å². The van der Waals surface area contributed by atoms with Gasteiger partial charge in [-0.1, -0.05) is 26.0 Å². The van der Waals surface area contributed by atoms with Crippen LogP contribution in [0.1, 0.15) is 25.6 Å². The molecule has 0 aliphatic rings. The van der Waals surface area contributed by atoms with Crippen molar-refractivity contribution in [1.82, 2.24) is 9.55 Å². The van der Waals surface area contributed by atoms with Gasteiger partial charge in [-0.15, -0.1) is 0 Å². The second-order valence-electron chi connectivity index (χ2n) is 6.18. The molecule has 0 saturated heterocycles. The highest BCUT2D eigenvalue weighted by Gasteiger charge is 2.28. The first-order chi connectivity index (χ1) is 12.3. The summed E-state index contributed by atoms with van der Waals surface area (Å²) in [7, 11) is 0. The molecule has 0 amide bonds. The minimum Gasteiger partial charge on any atom is -0.484 e. The van der Waals surface area contributed by atoms with Gasteiger partial charge in [0.1, 0.15) is 11.6 Å². The normalized spacial score (nSPS) is 11.9. The van der Waals surface area contributed by atoms with Crippen LogP contribution >= 0.6 is 0 Å². The van der Waals surface area contributed by atoms with E-state index in [0.29, 0.717) is 22.4 Å². The molecular weight excluding hydrogens is 345 g/mol. The Bertz CT molecular complexity index is 977. The Labute approximate surface area is 147 Å². The lowest BCUT2D eigenvalue weighted by molar-refractivity contribution is -0.153. The van der Waals surface area contributed by atoms with E-state index in [1.54, 1.807) is 30.3 Å². The lowest BCUT2D eigenvalue weighted by Gasteiger charge is -2.16. The van der Waals surface area contributed by atoms with E-state index in [1.807, 2.05) is 19.9 Å². The summed E-state index contributed by atoms with van der Waals surface area (Å²) >= 11 is 0. The molecule has 26 heavy (non-hydrogen) atoms. The maximum Gasteiger partial charge on any atom is 0.422 e. The number of aromatic nitrogens is 2. The second-order valence-corrected chi connectivity index (χ2v) is 6.18. The maximum atomic E-state index is 12.9. The SMILES string of the molecule is CC(C)c1nc2ccccc2c(=O)n1-c1ccc(OCC(F)(F)F)cc1. The lowest BCUT2D eigenvalue weighted by Crippen LogP contribution is -2.24. The topological polar surface area (TPSA) is 44.1 Å². The number of hydrogen-bond donors (Lipinski definition) is 0. The van der Waals surface area contributed by atoms with Crippen molar-refractivity contribution in [3.63, 3.8) is 0 Å². The van der Waals surface area contributed by atoms with Crippen molar-refractivity contribution in [3.8, 4) is 11.4 Å². The Morgan fingerprint density at radius 1 is 1.08 bits per heavy atom. The van der Waals surface area contributed by atoms with Crippen molar-refractivity contribution < 1.29 is 17.9 Å². The van der Waals surface area contributed by atoms with Gasteiger partial charge in [0.25, 0.3) is 5.56 Å². The first-order valence-electron chi connectivity index (χ1n) is 8.08. The number of nitrogens with zero attached hydrogens (tertiary/aromatic N) is 2. The van der Waals surface area contributed by atoms with Gasteiger partial charge in [0.2, 0.25) is 0 Å². The third kappa shape index (κ3) is 3.71. The minimum atomic E-state index is -4.40. The fraction of sp³-hybridized carbons (Fsp3) is 0.263. The van der Waals surface area contributed by atoms with Crippen LogP contribution in [0.15, 0.2) is 53.3 Å². The van der Waals surface area contributed by atoms with E-state index in [2.05, 4.69) is 4.98 Å². The number of fused-ring (bicyclic) bond motifs is 1. The van der Waals surface area contributed by atoms with Crippen LogP contribution < -0.4 is 10.3 Å². The van der Waals surface area contributed by atoms with Crippen LogP contribution in [0.2, 0.25) is 0 Å². The van der Waals surface area contributed by atoms with E-state index in [4.69, 9.17) is 4.74 Å². The molecule has 0 atom stereocenters. The molecule has 0 N–H and O–H groups in total. The first kappa shape index (κ1) is 18.0. The van der Waals surface area contributed by atoms with Crippen molar-refractivity contribution >= 4 is 10.9 Å². The van der Waals surface area contributed by atoms with Gasteiger partial charge in [0.05, 0.1) is 16.6 Å². The molecule has 7 heteroatoms. The van der Waals surface area contributed by atoms with E-state index in [9.17, 15) is 18.0 Å². The van der Waals surface area contributed by atoms with Crippen molar-refractivity contribution in [2.75, 3.05) is 6.61 Å². The van der Waals surface area contributed by atoms with Gasteiger partial charge in [-0.3, -0.25) is 9.36 Å². The molecule has 3 aromatic rings. The average molecular weight is 362 g/mol. The Hall–Kier alpha value is -2.83. The number of alkyl halides is 3. The van der Waals surface area contributed by atoms with Crippen LogP contribution in [-0.4, -0.2) is 22.3 Å². The number of halogens is 3. The molecule has 136 valence electrons.